The summed E-state index contributed by atoms with van der Waals surface area (Å²) in [5.41, 5.74) is -0.311. The lowest BCUT2D eigenvalue weighted by molar-refractivity contribution is 0.516. The fourth-order valence-electron chi connectivity index (χ4n) is 3.39. The topological polar surface area (TPSA) is 59.8 Å². The zero-order valence-corrected chi connectivity index (χ0v) is 13.7. The third-order valence-corrected chi connectivity index (χ3v) is 4.60. The minimum Gasteiger partial charge on any atom is -0.319 e. The van der Waals surface area contributed by atoms with Gasteiger partial charge >= 0.3 is 0 Å². The van der Waals surface area contributed by atoms with Crippen LogP contribution in [-0.2, 0) is 0 Å². The average Bonchev–Trinajstić information content (AvgIpc) is 3.12. The zero-order valence-electron chi connectivity index (χ0n) is 13.7. The maximum absolute atomic E-state index is 13.8. The van der Waals surface area contributed by atoms with Crippen molar-refractivity contribution in [3.63, 3.8) is 0 Å². The minimum absolute atomic E-state index is 0.0493. The van der Waals surface area contributed by atoms with Crippen LogP contribution in [0.5, 0.6) is 0 Å². The van der Waals surface area contributed by atoms with Gasteiger partial charge in [0, 0.05) is 35.8 Å². The molecule has 1 fully saturated rings. The molecule has 134 valence electrons. The number of pyridine rings is 1. The lowest BCUT2D eigenvalue weighted by atomic mass is 10.2. The number of benzene rings is 1. The van der Waals surface area contributed by atoms with Crippen LogP contribution in [0.25, 0.3) is 11.0 Å². The first kappa shape index (κ1) is 16.6. The largest absolute Gasteiger partial charge is 0.319 e. The van der Waals surface area contributed by atoms with Crippen molar-refractivity contribution in [2.45, 2.75) is 31.7 Å². The first-order chi connectivity index (χ1) is 12.5. The molecule has 1 saturated carbocycles. The van der Waals surface area contributed by atoms with Crippen LogP contribution < -0.4 is 10.9 Å². The van der Waals surface area contributed by atoms with Gasteiger partial charge in [0.15, 0.2) is 11.6 Å². The standard InChI is InChI=1S/C18H15F3N4O/c19-11-7-13(20)16(14(21)8-11)23-18-22-9-10-5-6-15(26)25(17(10)24-18)12-3-1-2-4-12/h5-9,12H,1-4H2,(H,22,23,24). The second-order valence-electron chi connectivity index (χ2n) is 6.32. The van der Waals surface area contributed by atoms with E-state index < -0.39 is 23.1 Å². The molecule has 8 heteroatoms. The smallest absolute Gasteiger partial charge is 0.252 e. The van der Waals surface area contributed by atoms with Gasteiger partial charge in [-0.1, -0.05) is 12.8 Å². The molecule has 5 nitrogen and oxygen atoms in total. The third kappa shape index (κ3) is 2.91. The Bertz CT molecular complexity index is 1020. The van der Waals surface area contributed by atoms with Crippen LogP contribution in [0.1, 0.15) is 31.7 Å². The van der Waals surface area contributed by atoms with E-state index in [1.807, 2.05) is 0 Å². The molecule has 1 N–H and O–H groups in total. The summed E-state index contributed by atoms with van der Waals surface area (Å²) in [6.45, 7) is 0. The van der Waals surface area contributed by atoms with Crippen LogP contribution in [0.2, 0.25) is 0 Å². The summed E-state index contributed by atoms with van der Waals surface area (Å²) in [7, 11) is 0. The van der Waals surface area contributed by atoms with Gasteiger partial charge in [-0.05, 0) is 18.9 Å². The summed E-state index contributed by atoms with van der Waals surface area (Å²) in [4.78, 5) is 20.7. The van der Waals surface area contributed by atoms with Gasteiger partial charge in [-0.25, -0.2) is 18.2 Å². The van der Waals surface area contributed by atoms with Gasteiger partial charge in [-0.15, -0.1) is 0 Å². The summed E-state index contributed by atoms with van der Waals surface area (Å²) in [6.07, 6.45) is 5.32. The lowest BCUT2D eigenvalue weighted by Crippen LogP contribution is -2.23. The number of hydrogen-bond acceptors (Lipinski definition) is 4. The Morgan fingerprint density at radius 2 is 1.77 bits per heavy atom. The van der Waals surface area contributed by atoms with Crippen LogP contribution >= 0.6 is 0 Å². The van der Waals surface area contributed by atoms with Crippen LogP contribution in [0.3, 0.4) is 0 Å². The summed E-state index contributed by atoms with van der Waals surface area (Å²) < 4.78 is 42.4. The Kier molecular flexibility index (Phi) is 4.10. The average molecular weight is 360 g/mol. The molecule has 0 unspecified atom stereocenters. The highest BCUT2D eigenvalue weighted by Crippen LogP contribution is 2.30. The summed E-state index contributed by atoms with van der Waals surface area (Å²) in [5.74, 6) is -3.26. The molecule has 0 aliphatic heterocycles. The van der Waals surface area contributed by atoms with Gasteiger partial charge < -0.3 is 5.32 Å². The molecule has 1 aliphatic rings. The molecular formula is C18H15F3N4O. The van der Waals surface area contributed by atoms with E-state index in [0.29, 0.717) is 23.2 Å². The van der Waals surface area contributed by atoms with Crippen molar-refractivity contribution in [2.24, 2.45) is 0 Å². The van der Waals surface area contributed by atoms with Crippen LogP contribution in [0, 0.1) is 17.5 Å². The van der Waals surface area contributed by atoms with Gasteiger partial charge in [0.05, 0.1) is 0 Å². The minimum atomic E-state index is -1.09. The van der Waals surface area contributed by atoms with E-state index in [1.165, 1.54) is 12.3 Å². The number of hydrogen-bond donors (Lipinski definition) is 1. The Balaban J connectivity index is 1.80. The van der Waals surface area contributed by atoms with Crippen LogP contribution in [0.15, 0.2) is 35.3 Å². The van der Waals surface area contributed by atoms with E-state index >= 15 is 0 Å². The van der Waals surface area contributed by atoms with Crippen molar-refractivity contribution < 1.29 is 13.2 Å². The maximum Gasteiger partial charge on any atom is 0.252 e. The molecule has 0 spiro atoms. The highest BCUT2D eigenvalue weighted by atomic mass is 19.1. The number of nitrogens with one attached hydrogen (secondary N) is 1. The molecule has 0 saturated heterocycles. The Labute approximate surface area is 146 Å². The quantitative estimate of drug-likeness (QED) is 0.765. The second kappa shape index (κ2) is 6.44. The normalized spacial score (nSPS) is 14.9. The van der Waals surface area contributed by atoms with E-state index in [-0.39, 0.29) is 17.5 Å². The Hall–Kier alpha value is -2.90. The molecule has 26 heavy (non-hydrogen) atoms. The van der Waals surface area contributed by atoms with Crippen molar-refractivity contribution in [3.8, 4) is 0 Å². The van der Waals surface area contributed by atoms with Crippen molar-refractivity contribution in [1.29, 1.82) is 0 Å². The molecule has 3 aromatic rings. The van der Waals surface area contributed by atoms with Crippen LogP contribution in [0.4, 0.5) is 24.8 Å². The number of fused-ring (bicyclic) bond motifs is 1. The second-order valence-corrected chi connectivity index (χ2v) is 6.32. The van der Waals surface area contributed by atoms with E-state index in [9.17, 15) is 18.0 Å². The van der Waals surface area contributed by atoms with Gasteiger partial charge in [0.1, 0.15) is 17.2 Å². The predicted molar refractivity (Wildman–Crippen MR) is 90.9 cm³/mol. The fourth-order valence-corrected chi connectivity index (χ4v) is 3.39. The maximum atomic E-state index is 13.8. The molecule has 1 aromatic carbocycles. The molecule has 0 atom stereocenters. The van der Waals surface area contributed by atoms with Crippen molar-refractivity contribution in [3.05, 3.63) is 58.3 Å². The first-order valence-corrected chi connectivity index (χ1v) is 8.33. The third-order valence-electron chi connectivity index (χ3n) is 4.60. The molecule has 0 bridgehead atoms. The van der Waals surface area contributed by atoms with Gasteiger partial charge in [0.25, 0.3) is 5.56 Å². The number of aromatic nitrogens is 3. The highest BCUT2D eigenvalue weighted by Gasteiger charge is 2.21. The van der Waals surface area contributed by atoms with Crippen molar-refractivity contribution >= 4 is 22.7 Å². The van der Waals surface area contributed by atoms with E-state index in [1.54, 1.807) is 10.6 Å². The number of halogens is 3. The number of anilines is 2. The van der Waals surface area contributed by atoms with E-state index in [4.69, 9.17) is 0 Å². The predicted octanol–water partition coefficient (Wildman–Crippen LogP) is 4.07. The van der Waals surface area contributed by atoms with Gasteiger partial charge in [-0.2, -0.15) is 4.98 Å². The van der Waals surface area contributed by atoms with Crippen molar-refractivity contribution in [1.82, 2.24) is 14.5 Å². The fraction of sp³-hybridized carbons (Fsp3) is 0.278. The first-order valence-electron chi connectivity index (χ1n) is 8.33. The molecular weight excluding hydrogens is 345 g/mol. The molecule has 4 rings (SSSR count). The van der Waals surface area contributed by atoms with E-state index in [0.717, 1.165) is 25.7 Å². The molecule has 2 aromatic heterocycles. The van der Waals surface area contributed by atoms with Gasteiger partial charge in [-0.3, -0.25) is 9.36 Å². The number of rotatable bonds is 3. The SMILES string of the molecule is O=c1ccc2cnc(Nc3c(F)cc(F)cc3F)nc2n1C1CCCC1. The molecule has 0 amide bonds. The highest BCUT2D eigenvalue weighted by molar-refractivity contribution is 5.76. The van der Waals surface area contributed by atoms with Gasteiger partial charge in [0.2, 0.25) is 5.95 Å². The summed E-state index contributed by atoms with van der Waals surface area (Å²) in [5, 5.41) is 3.10. The van der Waals surface area contributed by atoms with Crippen LogP contribution in [-0.4, -0.2) is 14.5 Å². The molecule has 0 radical (unpaired) electrons. The summed E-state index contributed by atoms with van der Waals surface area (Å²) >= 11 is 0. The lowest BCUT2D eigenvalue weighted by Gasteiger charge is -2.16. The molecule has 1 aliphatic carbocycles. The Morgan fingerprint density at radius 1 is 1.08 bits per heavy atom. The monoisotopic (exact) mass is 360 g/mol. The number of nitrogens with zero attached hydrogens (tertiary/aromatic N) is 3. The zero-order chi connectivity index (χ0) is 18.3. The Morgan fingerprint density at radius 3 is 2.46 bits per heavy atom. The van der Waals surface area contributed by atoms with E-state index in [2.05, 4.69) is 15.3 Å². The summed E-state index contributed by atoms with van der Waals surface area (Å²) in [6, 6.07) is 4.28. The van der Waals surface area contributed by atoms with Crippen molar-refractivity contribution in [2.75, 3.05) is 5.32 Å². The molecule has 2 heterocycles.